The topological polar surface area (TPSA) is 127 Å². The molecule has 4 N–H and O–H groups in total. The first-order chi connectivity index (χ1) is 32.9. The first-order valence-corrected chi connectivity index (χ1v) is 26.0. The zero-order chi connectivity index (χ0) is 53.6. The van der Waals surface area contributed by atoms with Crippen LogP contribution in [-0.4, -0.2) is 20.4 Å². The minimum atomic E-state index is -0.342. The van der Waals surface area contributed by atoms with E-state index in [0.29, 0.717) is 66.8 Å². The maximum Gasteiger partial charge on any atom is 0.122 e. The number of benzene rings is 6. The van der Waals surface area contributed by atoms with E-state index < -0.39 is 0 Å². The Labute approximate surface area is 431 Å². The van der Waals surface area contributed by atoms with Gasteiger partial charge in [0.1, 0.15) is 23.0 Å². The minimum Gasteiger partial charge on any atom is -0.872 e. The molecule has 6 heteroatoms. The van der Waals surface area contributed by atoms with Gasteiger partial charge in [0.2, 0.25) is 0 Å². The van der Waals surface area contributed by atoms with Gasteiger partial charge < -0.3 is 30.6 Å². The molecule has 0 aliphatic heterocycles. The predicted octanol–water partition coefficient (Wildman–Crippen LogP) is 14.3. The van der Waals surface area contributed by atoms with E-state index in [1.54, 1.807) is 0 Å². The number of hydrogen-bond acceptors (Lipinski definition) is 6. The van der Waals surface area contributed by atoms with Crippen molar-refractivity contribution < 1.29 is 30.6 Å². The maximum atomic E-state index is 15.0. The van der Waals surface area contributed by atoms with Gasteiger partial charge in [-0.05, 0) is 117 Å². The third-order valence-electron chi connectivity index (χ3n) is 15.0. The fraction of sp³-hybridized carbons (Fsp3) is 0.455. The lowest BCUT2D eigenvalue weighted by Crippen LogP contribution is -2.17. The van der Waals surface area contributed by atoms with Gasteiger partial charge in [-0.1, -0.05) is 220 Å². The molecule has 0 amide bonds. The van der Waals surface area contributed by atoms with Crippen LogP contribution in [-0.2, 0) is 71.0 Å². The van der Waals surface area contributed by atoms with Crippen molar-refractivity contribution in [1.82, 2.24) is 0 Å². The lowest BCUT2D eigenvalue weighted by molar-refractivity contribution is -0.271. The van der Waals surface area contributed by atoms with Crippen molar-refractivity contribution in [3.63, 3.8) is 0 Å². The summed E-state index contributed by atoms with van der Waals surface area (Å²) < 4.78 is 0. The molecule has 6 aromatic carbocycles. The Hall–Kier alpha value is -5.88. The molecule has 12 bridgehead atoms. The van der Waals surface area contributed by atoms with Gasteiger partial charge in [-0.15, -0.1) is 11.5 Å². The molecule has 1 aliphatic carbocycles. The van der Waals surface area contributed by atoms with Gasteiger partial charge in [-0.2, -0.15) is 0 Å². The summed E-state index contributed by atoms with van der Waals surface area (Å²) in [5.74, 6) is 0.0225. The minimum absolute atomic E-state index is 0.0762. The van der Waals surface area contributed by atoms with Crippen LogP contribution < -0.4 is 10.2 Å². The van der Waals surface area contributed by atoms with Gasteiger partial charge in [0.05, 0.1) is 0 Å². The van der Waals surface area contributed by atoms with E-state index in [1.807, 2.05) is 72.8 Å². The molecule has 1 aliphatic rings. The van der Waals surface area contributed by atoms with Crippen LogP contribution in [0.5, 0.6) is 34.5 Å². The molecule has 0 spiro atoms. The van der Waals surface area contributed by atoms with Crippen molar-refractivity contribution >= 4 is 0 Å². The van der Waals surface area contributed by atoms with Crippen LogP contribution >= 0.6 is 0 Å². The van der Waals surface area contributed by atoms with Crippen molar-refractivity contribution in [3.05, 3.63) is 173 Å². The Kier molecular flexibility index (Phi) is 13.9. The zero-order valence-electron chi connectivity index (χ0n) is 46.8. The van der Waals surface area contributed by atoms with Crippen LogP contribution in [0.2, 0.25) is 0 Å². The SMILES string of the molecule is CC(C)(C)c1cc2c([O-])c(c1)Cc1cc(C(C)(C)C)cc(c1O)Cc1cc(C(C)(C)C)cc(c1O)Cc1cc(C(C)(C)C)cc(c1O)Cc1cc(C(C)(C)C)cc(c1O)Cc1cc(C(C)(C)C)cc(c1[O-])C2. The summed E-state index contributed by atoms with van der Waals surface area (Å²) in [7, 11) is 0. The standard InChI is InChI=1S/C66H84O6/c1-61(2,3)49-25-37-19-39-27-50(62(4,5)6)29-41(56(39)68)21-43-31-52(64(10,11)12)33-45(58(43)70)23-47-35-54(66(16,17)18)36-48(60(47)72)24-46-34-53(65(13,14)15)32-44(59(46)71)22-42-30-51(63(7,8)9)28-40(57(42)69)20-38(26-49)55(37)67/h25-36,67-72H,19-24H2,1-18H3/p-2. The summed E-state index contributed by atoms with van der Waals surface area (Å²) in [6, 6.07) is 24.1. The van der Waals surface area contributed by atoms with E-state index in [0.717, 1.165) is 33.4 Å². The summed E-state index contributed by atoms with van der Waals surface area (Å²) in [4.78, 5) is 0. The van der Waals surface area contributed by atoms with E-state index in [1.165, 1.54) is 0 Å². The summed E-state index contributed by atoms with van der Waals surface area (Å²) in [6.45, 7) is 38.3. The molecule has 6 aromatic rings. The first-order valence-electron chi connectivity index (χ1n) is 26.0. The van der Waals surface area contributed by atoms with Crippen LogP contribution in [0, 0.1) is 0 Å². The Bertz CT molecular complexity index is 2390. The fourth-order valence-corrected chi connectivity index (χ4v) is 9.98. The van der Waals surface area contributed by atoms with Crippen LogP contribution in [0.4, 0.5) is 0 Å². The second-order valence-corrected chi connectivity index (χ2v) is 27.4. The molecule has 384 valence electrons. The molecule has 0 unspecified atom stereocenters. The van der Waals surface area contributed by atoms with Gasteiger partial charge in [0.25, 0.3) is 0 Å². The normalized spacial score (nSPS) is 14.2. The lowest BCUT2D eigenvalue weighted by atomic mass is 9.79. The molecule has 0 fully saturated rings. The van der Waals surface area contributed by atoms with Gasteiger partial charge in [0.15, 0.2) is 0 Å². The highest BCUT2D eigenvalue weighted by atomic mass is 16.3. The summed E-state index contributed by atoms with van der Waals surface area (Å²) in [5, 5.41) is 79.8. The molecule has 0 radical (unpaired) electrons. The lowest BCUT2D eigenvalue weighted by Gasteiger charge is -2.30. The van der Waals surface area contributed by atoms with Gasteiger partial charge in [-0.25, -0.2) is 0 Å². The van der Waals surface area contributed by atoms with Crippen LogP contribution in [0.15, 0.2) is 72.8 Å². The summed E-state index contributed by atoms with van der Waals surface area (Å²) >= 11 is 0. The molecule has 72 heavy (non-hydrogen) atoms. The molecular weight excluding hydrogens is 889 g/mol. The predicted molar refractivity (Wildman–Crippen MR) is 293 cm³/mol. The molecule has 0 saturated heterocycles. The van der Waals surface area contributed by atoms with Crippen LogP contribution in [0.3, 0.4) is 0 Å². The maximum absolute atomic E-state index is 15.0. The third-order valence-corrected chi connectivity index (χ3v) is 15.0. The van der Waals surface area contributed by atoms with Gasteiger partial charge in [-0.3, -0.25) is 0 Å². The Morgan fingerprint density at radius 3 is 0.486 bits per heavy atom. The van der Waals surface area contributed by atoms with Gasteiger partial charge >= 0.3 is 0 Å². The second kappa shape index (κ2) is 18.6. The van der Waals surface area contributed by atoms with Crippen molar-refractivity contribution in [3.8, 4) is 34.5 Å². The molecule has 6 nitrogen and oxygen atoms in total. The highest BCUT2D eigenvalue weighted by Crippen LogP contribution is 2.44. The van der Waals surface area contributed by atoms with Crippen molar-refractivity contribution in [1.29, 1.82) is 0 Å². The Balaban J connectivity index is 1.58. The molecule has 0 saturated carbocycles. The summed E-state index contributed by atoms with van der Waals surface area (Å²) in [6.07, 6.45) is 1.09. The van der Waals surface area contributed by atoms with E-state index in [9.17, 15) is 20.4 Å². The van der Waals surface area contributed by atoms with E-state index >= 15 is 10.2 Å². The number of phenolic OH excluding ortho intramolecular Hbond substituents is 4. The molecule has 7 rings (SSSR count). The van der Waals surface area contributed by atoms with E-state index in [2.05, 4.69) is 125 Å². The number of phenols is 4. The summed E-state index contributed by atoms with van der Waals surface area (Å²) in [5.41, 5.74) is 11.1. The molecule has 0 atom stereocenters. The molecule has 0 heterocycles. The van der Waals surface area contributed by atoms with Crippen molar-refractivity contribution in [2.75, 3.05) is 0 Å². The monoisotopic (exact) mass is 971 g/mol. The fourth-order valence-electron chi connectivity index (χ4n) is 9.98. The van der Waals surface area contributed by atoms with E-state index in [-0.39, 0.29) is 106 Å². The number of aromatic hydroxyl groups is 4. The first kappa shape index (κ1) is 53.9. The average Bonchev–Trinajstić information content (AvgIpc) is 3.23. The van der Waals surface area contributed by atoms with Crippen LogP contribution in [0.1, 0.15) is 225 Å². The quantitative estimate of drug-likeness (QED) is 0.120. The average molecular weight is 971 g/mol. The van der Waals surface area contributed by atoms with Crippen LogP contribution in [0.25, 0.3) is 0 Å². The number of fused-ring (bicyclic) bond motifs is 12. The zero-order valence-corrected chi connectivity index (χ0v) is 46.8. The number of rotatable bonds is 0. The molecule has 0 aromatic heterocycles. The van der Waals surface area contributed by atoms with E-state index in [4.69, 9.17) is 0 Å². The van der Waals surface area contributed by atoms with Gasteiger partial charge in [0, 0.05) is 32.1 Å². The Morgan fingerprint density at radius 1 is 0.236 bits per heavy atom. The van der Waals surface area contributed by atoms with Crippen molar-refractivity contribution in [2.24, 2.45) is 0 Å². The highest BCUT2D eigenvalue weighted by molar-refractivity contribution is 5.60. The van der Waals surface area contributed by atoms with Crippen molar-refractivity contribution in [2.45, 2.75) is 196 Å². The largest absolute Gasteiger partial charge is 0.872 e. The molecular formula is C66H82O6-2. The second-order valence-electron chi connectivity index (χ2n) is 27.4. The third kappa shape index (κ3) is 11.3. The Morgan fingerprint density at radius 2 is 0.347 bits per heavy atom. The highest BCUT2D eigenvalue weighted by Gasteiger charge is 2.28. The smallest absolute Gasteiger partial charge is 0.122 e. The number of hydrogen-bond donors (Lipinski definition) is 4.